The van der Waals surface area contributed by atoms with Gasteiger partial charge >= 0.3 is 0 Å². The molecule has 2 aromatic carbocycles. The van der Waals surface area contributed by atoms with Crippen molar-refractivity contribution in [3.05, 3.63) is 53.1 Å². The summed E-state index contributed by atoms with van der Waals surface area (Å²) in [4.78, 5) is 14.3. The molecular formula is C20H25N3O6S2. The minimum absolute atomic E-state index is 0.0610. The third-order valence-electron chi connectivity index (χ3n) is 4.86. The molecule has 1 amide bonds. The zero-order chi connectivity index (χ0) is 22.8. The highest BCUT2D eigenvalue weighted by Gasteiger charge is 2.23. The fourth-order valence-corrected chi connectivity index (χ4v) is 5.32. The summed E-state index contributed by atoms with van der Waals surface area (Å²) in [5, 5.41) is 0. The molecule has 1 fully saturated rings. The number of carbonyl (C=O) groups excluding carboxylic acids is 1. The van der Waals surface area contributed by atoms with E-state index in [0.717, 1.165) is 6.26 Å². The summed E-state index contributed by atoms with van der Waals surface area (Å²) in [6.45, 7) is 5.11. The van der Waals surface area contributed by atoms with Gasteiger partial charge in [0.15, 0.2) is 0 Å². The molecule has 31 heavy (non-hydrogen) atoms. The van der Waals surface area contributed by atoms with Crippen molar-refractivity contribution in [1.82, 2.24) is 4.90 Å². The monoisotopic (exact) mass is 467 g/mol. The number of amides is 1. The van der Waals surface area contributed by atoms with Gasteiger partial charge in [0.25, 0.3) is 15.9 Å². The lowest BCUT2D eigenvalue weighted by atomic mass is 10.1. The molecule has 0 saturated carbocycles. The van der Waals surface area contributed by atoms with E-state index >= 15 is 0 Å². The number of sulfonamides is 2. The maximum atomic E-state index is 13.0. The Bertz CT molecular complexity index is 1200. The van der Waals surface area contributed by atoms with Crippen molar-refractivity contribution in [3.8, 4) is 0 Å². The van der Waals surface area contributed by atoms with Crippen LogP contribution in [0, 0.1) is 13.8 Å². The van der Waals surface area contributed by atoms with Crippen LogP contribution in [0.3, 0.4) is 0 Å². The lowest BCUT2D eigenvalue weighted by Crippen LogP contribution is -2.40. The molecule has 0 unspecified atom stereocenters. The highest BCUT2D eigenvalue weighted by Crippen LogP contribution is 2.29. The van der Waals surface area contributed by atoms with E-state index in [1.165, 1.54) is 25.1 Å². The van der Waals surface area contributed by atoms with Crippen molar-refractivity contribution in [1.29, 1.82) is 0 Å². The summed E-state index contributed by atoms with van der Waals surface area (Å²) in [6.07, 6.45) is 1.00. The van der Waals surface area contributed by atoms with E-state index in [0.29, 0.717) is 37.4 Å². The van der Waals surface area contributed by atoms with Gasteiger partial charge in [-0.25, -0.2) is 16.8 Å². The summed E-state index contributed by atoms with van der Waals surface area (Å²) in [7, 11) is -7.62. The number of nitrogens with zero attached hydrogens (tertiary/aromatic N) is 1. The number of anilines is 2. The van der Waals surface area contributed by atoms with Gasteiger partial charge in [0.1, 0.15) is 0 Å². The molecule has 11 heteroatoms. The number of hydrogen-bond donors (Lipinski definition) is 2. The van der Waals surface area contributed by atoms with E-state index in [1.54, 1.807) is 30.0 Å². The topological polar surface area (TPSA) is 122 Å². The summed E-state index contributed by atoms with van der Waals surface area (Å²) in [6, 6.07) is 9.21. The van der Waals surface area contributed by atoms with Gasteiger partial charge in [0.2, 0.25) is 10.0 Å². The molecule has 0 bridgehead atoms. The fourth-order valence-electron chi connectivity index (χ4n) is 3.34. The van der Waals surface area contributed by atoms with Gasteiger partial charge in [-0.1, -0.05) is 12.1 Å². The summed E-state index contributed by atoms with van der Waals surface area (Å²) < 4.78 is 59.5. The zero-order valence-corrected chi connectivity index (χ0v) is 19.1. The Morgan fingerprint density at radius 2 is 1.68 bits per heavy atom. The van der Waals surface area contributed by atoms with E-state index in [9.17, 15) is 21.6 Å². The Morgan fingerprint density at radius 1 is 1.00 bits per heavy atom. The predicted molar refractivity (Wildman–Crippen MR) is 118 cm³/mol. The first-order chi connectivity index (χ1) is 14.5. The van der Waals surface area contributed by atoms with Crippen molar-refractivity contribution in [2.24, 2.45) is 0 Å². The molecule has 2 N–H and O–H groups in total. The first-order valence-electron chi connectivity index (χ1n) is 9.56. The van der Waals surface area contributed by atoms with E-state index < -0.39 is 20.0 Å². The van der Waals surface area contributed by atoms with Crippen LogP contribution in [0.1, 0.15) is 21.5 Å². The molecule has 1 heterocycles. The average Bonchev–Trinajstić information content (AvgIpc) is 2.70. The molecule has 1 saturated heterocycles. The number of aryl methyl sites for hydroxylation is 1. The molecule has 0 aromatic heterocycles. The number of rotatable bonds is 6. The van der Waals surface area contributed by atoms with Crippen LogP contribution >= 0.6 is 0 Å². The summed E-state index contributed by atoms with van der Waals surface area (Å²) >= 11 is 0. The van der Waals surface area contributed by atoms with Crippen molar-refractivity contribution >= 4 is 37.3 Å². The van der Waals surface area contributed by atoms with Crippen LogP contribution in [0.4, 0.5) is 11.4 Å². The number of carbonyl (C=O) groups is 1. The minimum atomic E-state index is -4.04. The Kier molecular flexibility index (Phi) is 6.58. The molecule has 168 valence electrons. The average molecular weight is 468 g/mol. The Balaban J connectivity index is 1.89. The molecule has 9 nitrogen and oxygen atoms in total. The quantitative estimate of drug-likeness (QED) is 0.670. The molecule has 0 atom stereocenters. The molecule has 2 aromatic rings. The molecule has 0 radical (unpaired) electrons. The van der Waals surface area contributed by atoms with Crippen LogP contribution in [-0.4, -0.2) is 60.2 Å². The molecule has 3 rings (SSSR count). The normalized spacial score (nSPS) is 14.9. The van der Waals surface area contributed by atoms with E-state index in [1.807, 2.05) is 0 Å². The number of benzene rings is 2. The molecule has 0 spiro atoms. The van der Waals surface area contributed by atoms with E-state index in [4.69, 9.17) is 4.74 Å². The Morgan fingerprint density at radius 3 is 2.32 bits per heavy atom. The second-order valence-electron chi connectivity index (χ2n) is 7.35. The SMILES string of the molecule is Cc1ccc(S(=O)(=O)Nc2cccc(C(=O)N3CCOCC3)c2)c(C)c1NS(C)(=O)=O. The number of hydrogen-bond acceptors (Lipinski definition) is 6. The van der Waals surface area contributed by atoms with Crippen molar-refractivity contribution in [2.75, 3.05) is 42.0 Å². The van der Waals surface area contributed by atoms with Gasteiger partial charge in [-0.05, 0) is 49.2 Å². The van der Waals surface area contributed by atoms with Crippen LogP contribution in [0.2, 0.25) is 0 Å². The van der Waals surface area contributed by atoms with Crippen molar-refractivity contribution in [2.45, 2.75) is 18.7 Å². The Labute approximate surface area is 182 Å². The maximum Gasteiger partial charge on any atom is 0.262 e. The summed E-state index contributed by atoms with van der Waals surface area (Å²) in [5.74, 6) is -0.199. The lowest BCUT2D eigenvalue weighted by molar-refractivity contribution is 0.0303. The van der Waals surface area contributed by atoms with Gasteiger partial charge in [-0.2, -0.15) is 0 Å². The zero-order valence-electron chi connectivity index (χ0n) is 17.5. The molecule has 1 aliphatic heterocycles. The highest BCUT2D eigenvalue weighted by molar-refractivity contribution is 7.93. The van der Waals surface area contributed by atoms with Gasteiger partial charge < -0.3 is 9.64 Å². The second kappa shape index (κ2) is 8.85. The largest absolute Gasteiger partial charge is 0.378 e. The van der Waals surface area contributed by atoms with Crippen LogP contribution in [0.15, 0.2) is 41.3 Å². The van der Waals surface area contributed by atoms with Crippen LogP contribution in [0.5, 0.6) is 0 Å². The van der Waals surface area contributed by atoms with Gasteiger partial charge in [-0.3, -0.25) is 14.2 Å². The fraction of sp³-hybridized carbons (Fsp3) is 0.350. The summed E-state index contributed by atoms with van der Waals surface area (Å²) in [5.41, 5.74) is 1.69. The predicted octanol–water partition coefficient (Wildman–Crippen LogP) is 1.95. The lowest BCUT2D eigenvalue weighted by Gasteiger charge is -2.27. The highest BCUT2D eigenvalue weighted by atomic mass is 32.2. The van der Waals surface area contributed by atoms with Gasteiger partial charge in [0, 0.05) is 24.3 Å². The Hall–Kier alpha value is -2.63. The first-order valence-corrected chi connectivity index (χ1v) is 12.9. The van der Waals surface area contributed by atoms with Crippen LogP contribution in [0.25, 0.3) is 0 Å². The van der Waals surface area contributed by atoms with Crippen molar-refractivity contribution < 1.29 is 26.4 Å². The number of ether oxygens (including phenoxy) is 1. The molecular weight excluding hydrogens is 442 g/mol. The van der Waals surface area contributed by atoms with Gasteiger partial charge in [0.05, 0.1) is 30.1 Å². The van der Waals surface area contributed by atoms with E-state index in [-0.39, 0.29) is 27.7 Å². The third-order valence-corrected chi connectivity index (χ3v) is 6.96. The van der Waals surface area contributed by atoms with E-state index in [2.05, 4.69) is 9.44 Å². The smallest absolute Gasteiger partial charge is 0.262 e. The molecule has 0 aliphatic carbocycles. The third kappa shape index (κ3) is 5.54. The van der Waals surface area contributed by atoms with Crippen LogP contribution in [-0.2, 0) is 24.8 Å². The standard InChI is InChI=1S/C20H25N3O6S2/c1-14-7-8-18(15(2)19(14)22-30(3,25)26)31(27,28)21-17-6-4-5-16(13-17)20(24)23-9-11-29-12-10-23/h4-8,13,21-22H,9-12H2,1-3H3. The van der Waals surface area contributed by atoms with Crippen molar-refractivity contribution in [3.63, 3.8) is 0 Å². The molecule has 1 aliphatic rings. The maximum absolute atomic E-state index is 13.0. The van der Waals surface area contributed by atoms with Gasteiger partial charge in [-0.15, -0.1) is 0 Å². The number of nitrogens with one attached hydrogen (secondary N) is 2. The first kappa shape index (κ1) is 23.0. The minimum Gasteiger partial charge on any atom is -0.378 e. The number of morpholine rings is 1. The second-order valence-corrected chi connectivity index (χ2v) is 10.7. The van der Waals surface area contributed by atoms with Crippen LogP contribution < -0.4 is 9.44 Å².